The summed E-state index contributed by atoms with van der Waals surface area (Å²) >= 11 is 2.97. The van der Waals surface area contributed by atoms with Gasteiger partial charge in [-0.2, -0.15) is 0 Å². The molecule has 0 amide bonds. The van der Waals surface area contributed by atoms with Gasteiger partial charge in [-0.15, -0.1) is 20.4 Å². The lowest BCUT2D eigenvalue weighted by molar-refractivity contribution is 0.415. The zero-order valence-electron chi connectivity index (χ0n) is 14.3. The highest BCUT2D eigenvalue weighted by atomic mass is 32.2. The third-order valence-corrected chi connectivity index (χ3v) is 5.49. The lowest BCUT2D eigenvalue weighted by Crippen LogP contribution is -1.90. The third kappa shape index (κ3) is 4.44. The van der Waals surface area contributed by atoms with Gasteiger partial charge in [-0.1, -0.05) is 47.4 Å². The monoisotopic (exact) mass is 397 g/mol. The largest absolute Gasteiger partial charge is 0.497 e. The minimum absolute atomic E-state index is 0.517. The quantitative estimate of drug-likeness (QED) is 0.452. The van der Waals surface area contributed by atoms with Crippen LogP contribution in [0.1, 0.15) is 5.89 Å². The van der Waals surface area contributed by atoms with Gasteiger partial charge in [0.1, 0.15) is 5.75 Å². The first-order valence-corrected chi connectivity index (χ1v) is 9.85. The van der Waals surface area contributed by atoms with Crippen LogP contribution in [0.2, 0.25) is 0 Å². The zero-order chi connectivity index (χ0) is 18.5. The fourth-order valence-electron chi connectivity index (χ4n) is 2.28. The highest BCUT2D eigenvalue weighted by Gasteiger charge is 2.11. The Kier molecular flexibility index (Phi) is 5.31. The molecule has 0 radical (unpaired) electrons. The second-order valence-electron chi connectivity index (χ2n) is 5.39. The van der Waals surface area contributed by atoms with Crippen LogP contribution in [0.3, 0.4) is 0 Å². The number of hydrogen-bond donors (Lipinski definition) is 1. The number of methoxy groups -OCH3 is 1. The summed E-state index contributed by atoms with van der Waals surface area (Å²) in [4.78, 5) is 0. The normalized spacial score (nSPS) is 10.7. The van der Waals surface area contributed by atoms with E-state index in [9.17, 15) is 0 Å². The smallest absolute Gasteiger partial charge is 0.247 e. The molecule has 0 atom stereocenters. The molecule has 0 saturated carbocycles. The molecule has 0 aliphatic rings. The van der Waals surface area contributed by atoms with E-state index in [-0.39, 0.29) is 0 Å². The predicted molar refractivity (Wildman–Crippen MR) is 105 cm³/mol. The van der Waals surface area contributed by atoms with Crippen LogP contribution in [0.5, 0.6) is 5.75 Å². The molecule has 2 aromatic heterocycles. The highest BCUT2D eigenvalue weighted by Crippen LogP contribution is 2.30. The lowest BCUT2D eigenvalue weighted by Gasteiger charge is -2.04. The molecule has 0 spiro atoms. The average Bonchev–Trinajstić information content (AvgIpc) is 3.37. The molecule has 9 heteroatoms. The van der Waals surface area contributed by atoms with E-state index in [1.54, 1.807) is 7.11 Å². The standard InChI is InChI=1S/C18H15N5O2S2/c1-24-14-9-5-8-13(10-14)19-17-22-23-18(27-17)26-11-15-20-21-16(25-15)12-6-3-2-4-7-12/h2-10H,11H2,1H3,(H,19,22). The number of aromatic nitrogens is 4. The molecule has 2 heterocycles. The highest BCUT2D eigenvalue weighted by molar-refractivity contribution is 8.00. The Morgan fingerprint density at radius 3 is 2.78 bits per heavy atom. The maximum Gasteiger partial charge on any atom is 0.247 e. The molecule has 27 heavy (non-hydrogen) atoms. The Morgan fingerprint density at radius 2 is 1.93 bits per heavy atom. The van der Waals surface area contributed by atoms with Crippen molar-refractivity contribution in [3.8, 4) is 17.2 Å². The Hall–Kier alpha value is -2.91. The second-order valence-corrected chi connectivity index (χ2v) is 7.59. The van der Waals surface area contributed by atoms with Crippen molar-refractivity contribution in [2.75, 3.05) is 12.4 Å². The number of anilines is 2. The molecule has 0 aliphatic heterocycles. The van der Waals surface area contributed by atoms with Gasteiger partial charge in [-0.25, -0.2) is 0 Å². The van der Waals surface area contributed by atoms with Crippen molar-refractivity contribution in [2.45, 2.75) is 10.1 Å². The number of benzene rings is 2. The summed E-state index contributed by atoms with van der Waals surface area (Å²) in [5, 5.41) is 20.5. The van der Waals surface area contributed by atoms with E-state index in [1.165, 1.54) is 23.1 Å². The molecule has 1 N–H and O–H groups in total. The van der Waals surface area contributed by atoms with Gasteiger partial charge in [0, 0.05) is 17.3 Å². The minimum Gasteiger partial charge on any atom is -0.497 e. The van der Waals surface area contributed by atoms with Crippen LogP contribution in [-0.2, 0) is 5.75 Å². The van der Waals surface area contributed by atoms with Crippen LogP contribution >= 0.6 is 23.1 Å². The van der Waals surface area contributed by atoms with Gasteiger partial charge in [0.15, 0.2) is 4.34 Å². The average molecular weight is 397 g/mol. The lowest BCUT2D eigenvalue weighted by atomic mass is 10.2. The van der Waals surface area contributed by atoms with Crippen LogP contribution in [-0.4, -0.2) is 27.5 Å². The number of nitrogens with one attached hydrogen (secondary N) is 1. The molecular formula is C18H15N5O2S2. The molecule has 0 unspecified atom stereocenters. The van der Waals surface area contributed by atoms with E-state index in [1.807, 2.05) is 54.6 Å². The van der Waals surface area contributed by atoms with E-state index in [0.29, 0.717) is 22.7 Å². The first kappa shape index (κ1) is 17.5. The summed E-state index contributed by atoms with van der Waals surface area (Å²) in [5.74, 6) is 2.39. The van der Waals surface area contributed by atoms with Crippen molar-refractivity contribution in [1.82, 2.24) is 20.4 Å². The fraction of sp³-hybridized carbons (Fsp3) is 0.111. The summed E-state index contributed by atoms with van der Waals surface area (Å²) < 4.78 is 11.7. The van der Waals surface area contributed by atoms with E-state index < -0.39 is 0 Å². The maximum atomic E-state index is 5.70. The molecule has 7 nitrogen and oxygen atoms in total. The van der Waals surface area contributed by atoms with Gasteiger partial charge in [0.25, 0.3) is 0 Å². The van der Waals surface area contributed by atoms with Crippen molar-refractivity contribution in [2.24, 2.45) is 0 Å². The van der Waals surface area contributed by atoms with Crippen molar-refractivity contribution in [3.05, 3.63) is 60.5 Å². The summed E-state index contributed by atoms with van der Waals surface area (Å²) in [6.45, 7) is 0. The van der Waals surface area contributed by atoms with Crippen LogP contribution in [0.4, 0.5) is 10.8 Å². The Bertz CT molecular complexity index is 1020. The van der Waals surface area contributed by atoms with Crippen molar-refractivity contribution >= 4 is 33.9 Å². The van der Waals surface area contributed by atoms with Crippen LogP contribution in [0.15, 0.2) is 63.4 Å². The van der Waals surface area contributed by atoms with E-state index in [4.69, 9.17) is 9.15 Å². The molecule has 4 rings (SSSR count). The SMILES string of the molecule is COc1cccc(Nc2nnc(SCc3nnc(-c4ccccc4)o3)s2)c1. The number of rotatable bonds is 7. The van der Waals surface area contributed by atoms with Crippen LogP contribution in [0.25, 0.3) is 11.5 Å². The summed E-state index contributed by atoms with van der Waals surface area (Å²) in [6.07, 6.45) is 0. The van der Waals surface area contributed by atoms with Gasteiger partial charge in [-0.3, -0.25) is 0 Å². The van der Waals surface area contributed by atoms with Crippen LogP contribution < -0.4 is 10.1 Å². The Morgan fingerprint density at radius 1 is 1.04 bits per heavy atom. The second kappa shape index (κ2) is 8.19. The van der Waals surface area contributed by atoms with Gasteiger partial charge in [0.2, 0.25) is 16.9 Å². The molecule has 0 bridgehead atoms. The molecular weight excluding hydrogens is 382 g/mol. The molecule has 0 saturated heterocycles. The number of ether oxygens (including phenoxy) is 1. The summed E-state index contributed by atoms with van der Waals surface area (Å²) in [6, 6.07) is 17.3. The molecule has 2 aromatic carbocycles. The molecule has 0 aliphatic carbocycles. The first-order valence-electron chi connectivity index (χ1n) is 8.05. The first-order chi connectivity index (χ1) is 13.3. The predicted octanol–water partition coefficient (Wildman–Crippen LogP) is 4.63. The Labute approximate surface area is 163 Å². The van der Waals surface area contributed by atoms with Crippen molar-refractivity contribution in [1.29, 1.82) is 0 Å². The van der Waals surface area contributed by atoms with Gasteiger partial charge in [0.05, 0.1) is 12.9 Å². The van der Waals surface area contributed by atoms with E-state index in [2.05, 4.69) is 25.7 Å². The molecule has 136 valence electrons. The fourth-order valence-corrected chi connectivity index (χ4v) is 3.88. The number of thioether (sulfide) groups is 1. The topological polar surface area (TPSA) is 86.0 Å². The van der Waals surface area contributed by atoms with E-state index >= 15 is 0 Å². The van der Waals surface area contributed by atoms with Gasteiger partial charge >= 0.3 is 0 Å². The van der Waals surface area contributed by atoms with Crippen molar-refractivity contribution in [3.63, 3.8) is 0 Å². The van der Waals surface area contributed by atoms with Crippen LogP contribution in [0, 0.1) is 0 Å². The maximum absolute atomic E-state index is 5.70. The van der Waals surface area contributed by atoms with Gasteiger partial charge in [-0.05, 0) is 24.3 Å². The Balaban J connectivity index is 1.36. The summed E-state index contributed by atoms with van der Waals surface area (Å²) in [7, 11) is 1.64. The summed E-state index contributed by atoms with van der Waals surface area (Å²) in [5.41, 5.74) is 1.80. The number of hydrogen-bond acceptors (Lipinski definition) is 9. The molecule has 4 aromatic rings. The minimum atomic E-state index is 0.517. The van der Waals surface area contributed by atoms with Crippen molar-refractivity contribution < 1.29 is 9.15 Å². The molecule has 0 fully saturated rings. The third-order valence-electron chi connectivity index (χ3n) is 3.53. The zero-order valence-corrected chi connectivity index (χ0v) is 16.0. The number of nitrogens with zero attached hydrogens (tertiary/aromatic N) is 4. The van der Waals surface area contributed by atoms with E-state index in [0.717, 1.165) is 21.3 Å². The van der Waals surface area contributed by atoms with Gasteiger partial charge < -0.3 is 14.5 Å².